The first-order valence-electron chi connectivity index (χ1n) is 11.0. The molecule has 3 aromatic rings. The molecule has 0 spiro atoms. The molecule has 2 amide bonds. The monoisotopic (exact) mass is 533 g/mol. The van der Waals surface area contributed by atoms with Crippen molar-refractivity contribution in [3.05, 3.63) is 57.9 Å². The first-order valence-corrected chi connectivity index (χ1v) is 11.0. The molecule has 1 aliphatic heterocycles. The molecule has 1 atom stereocenters. The number of nitrogens with zero attached hydrogens (tertiary/aromatic N) is 2. The number of nitrogen functional groups attached to an aromatic ring is 1. The van der Waals surface area contributed by atoms with E-state index in [0.717, 1.165) is 17.0 Å². The largest absolute Gasteiger partial charge is 0.493 e. The molecule has 4 rings (SSSR count). The molecule has 0 radical (unpaired) electrons. The molecule has 1 unspecified atom stereocenters. The van der Waals surface area contributed by atoms with Crippen molar-refractivity contribution >= 4 is 35.0 Å². The predicted molar refractivity (Wildman–Crippen MR) is 130 cm³/mol. The van der Waals surface area contributed by atoms with Crippen LogP contribution in [0, 0.1) is 0 Å². The first kappa shape index (κ1) is 26.3. The van der Waals surface area contributed by atoms with Gasteiger partial charge in [-0.15, -0.1) is 0 Å². The van der Waals surface area contributed by atoms with Crippen molar-refractivity contribution in [2.75, 3.05) is 37.3 Å². The summed E-state index contributed by atoms with van der Waals surface area (Å²) < 4.78 is 54.8. The molecule has 1 saturated heterocycles. The highest BCUT2D eigenvalue weighted by atomic mass is 19.4. The normalized spacial score (nSPS) is 15.5. The maximum Gasteiger partial charge on any atom is 0.416 e. The molecule has 14 heteroatoms. The molecule has 2 aromatic carbocycles. The third-order valence-electron chi connectivity index (χ3n) is 5.84. The fourth-order valence-electron chi connectivity index (χ4n) is 4.13. The number of imide groups is 1. The summed E-state index contributed by atoms with van der Waals surface area (Å²) in [5, 5.41) is 2.56. The maximum absolute atomic E-state index is 13.3. The summed E-state index contributed by atoms with van der Waals surface area (Å²) >= 11 is 0. The van der Waals surface area contributed by atoms with Crippen molar-refractivity contribution in [3.63, 3.8) is 0 Å². The summed E-state index contributed by atoms with van der Waals surface area (Å²) in [6, 6.07) is 7.07. The molecule has 0 saturated carbocycles. The van der Waals surface area contributed by atoms with Crippen molar-refractivity contribution in [3.8, 4) is 17.2 Å². The summed E-state index contributed by atoms with van der Waals surface area (Å²) in [5.41, 5.74) is 4.13. The molecule has 0 aliphatic carbocycles. The molecule has 1 fully saturated rings. The smallest absolute Gasteiger partial charge is 0.416 e. The average Bonchev–Trinajstić information content (AvgIpc) is 3.15. The second-order valence-electron chi connectivity index (χ2n) is 8.12. The Bertz CT molecular complexity index is 1450. The van der Waals surface area contributed by atoms with Crippen molar-refractivity contribution in [2.24, 2.45) is 0 Å². The molecule has 0 bridgehead atoms. The molecule has 1 aromatic heterocycles. The van der Waals surface area contributed by atoms with Gasteiger partial charge in [-0.25, -0.2) is 4.90 Å². The molecule has 2 heterocycles. The number of hydrogen-bond acceptors (Lipinski definition) is 9. The number of halogens is 3. The number of alkyl halides is 3. The van der Waals surface area contributed by atoms with Gasteiger partial charge in [0.15, 0.2) is 11.5 Å². The molecule has 38 heavy (non-hydrogen) atoms. The summed E-state index contributed by atoms with van der Waals surface area (Å²) in [5.74, 6) is -2.54. The molecule has 200 valence electrons. The van der Waals surface area contributed by atoms with Gasteiger partial charge in [0.2, 0.25) is 23.5 Å². The van der Waals surface area contributed by atoms with Crippen LogP contribution in [0.3, 0.4) is 0 Å². The van der Waals surface area contributed by atoms with Gasteiger partial charge < -0.3 is 25.3 Å². The van der Waals surface area contributed by atoms with Crippen LogP contribution in [-0.4, -0.2) is 43.1 Å². The minimum atomic E-state index is -4.57. The minimum absolute atomic E-state index is 0.00387. The van der Waals surface area contributed by atoms with Crippen LogP contribution in [0.1, 0.15) is 23.5 Å². The van der Waals surface area contributed by atoms with E-state index in [1.165, 1.54) is 45.6 Å². The van der Waals surface area contributed by atoms with Crippen LogP contribution < -0.4 is 35.7 Å². The first-order chi connectivity index (χ1) is 18.0. The van der Waals surface area contributed by atoms with Crippen LogP contribution in [0.4, 0.5) is 36.3 Å². The Morgan fingerprint density at radius 1 is 1.05 bits per heavy atom. The van der Waals surface area contributed by atoms with Crippen molar-refractivity contribution in [2.45, 2.75) is 18.5 Å². The van der Waals surface area contributed by atoms with Gasteiger partial charge in [-0.2, -0.15) is 18.2 Å². The van der Waals surface area contributed by atoms with Gasteiger partial charge >= 0.3 is 6.18 Å². The van der Waals surface area contributed by atoms with Crippen molar-refractivity contribution in [1.29, 1.82) is 0 Å². The number of aromatic nitrogens is 2. The highest BCUT2D eigenvalue weighted by molar-refractivity contribution is 6.23. The second kappa shape index (κ2) is 9.95. The Morgan fingerprint density at radius 3 is 2.26 bits per heavy atom. The van der Waals surface area contributed by atoms with Crippen LogP contribution in [0.2, 0.25) is 0 Å². The van der Waals surface area contributed by atoms with Gasteiger partial charge in [0.25, 0.3) is 5.56 Å². The van der Waals surface area contributed by atoms with E-state index < -0.39 is 35.0 Å². The number of hydrogen-bond donors (Lipinski definition) is 3. The third kappa shape index (κ3) is 4.79. The third-order valence-corrected chi connectivity index (χ3v) is 5.84. The zero-order chi connectivity index (χ0) is 27.8. The van der Waals surface area contributed by atoms with E-state index in [1.54, 1.807) is 0 Å². The maximum atomic E-state index is 13.3. The minimum Gasteiger partial charge on any atom is -0.493 e. The summed E-state index contributed by atoms with van der Waals surface area (Å²) in [7, 11) is 4.15. The lowest BCUT2D eigenvalue weighted by atomic mass is 9.99. The number of nitrogens with two attached hydrogens (primary N) is 1. The summed E-state index contributed by atoms with van der Waals surface area (Å²) in [6.45, 7) is 0. The number of carbonyl (C=O) groups excluding carboxylic acids is 2. The zero-order valence-electron chi connectivity index (χ0n) is 20.3. The van der Waals surface area contributed by atoms with E-state index in [0.29, 0.717) is 0 Å². The fraction of sp³-hybridized carbons (Fsp3) is 0.250. The van der Waals surface area contributed by atoms with E-state index in [2.05, 4.69) is 15.3 Å². The van der Waals surface area contributed by atoms with Crippen LogP contribution in [0.15, 0.2) is 41.2 Å². The van der Waals surface area contributed by atoms with Gasteiger partial charge in [0.05, 0.1) is 44.1 Å². The van der Waals surface area contributed by atoms with Crippen molar-refractivity contribution < 1.29 is 37.0 Å². The number of benzene rings is 2. The fourth-order valence-corrected chi connectivity index (χ4v) is 4.13. The van der Waals surface area contributed by atoms with Gasteiger partial charge in [0, 0.05) is 24.2 Å². The SMILES string of the molecule is COc1cc(N2C(=O)CC(c3c(N)nc(Nc4cccc(C(F)(F)F)c4)[nH]c3=O)C2=O)cc(OC)c1OC. The lowest BCUT2D eigenvalue weighted by molar-refractivity contribution is -0.137. The van der Waals surface area contributed by atoms with E-state index in [1.807, 2.05) is 0 Å². The highest BCUT2D eigenvalue weighted by Crippen LogP contribution is 2.43. The van der Waals surface area contributed by atoms with Gasteiger partial charge in [0.1, 0.15) is 5.82 Å². The Kier molecular flexibility index (Phi) is 6.89. The van der Waals surface area contributed by atoms with Gasteiger partial charge in [-0.1, -0.05) is 6.07 Å². The van der Waals surface area contributed by atoms with E-state index in [4.69, 9.17) is 19.9 Å². The number of amides is 2. The van der Waals surface area contributed by atoms with Crippen LogP contribution in [-0.2, 0) is 15.8 Å². The zero-order valence-corrected chi connectivity index (χ0v) is 20.3. The lowest BCUT2D eigenvalue weighted by Gasteiger charge is -2.19. The number of nitrogens with one attached hydrogen (secondary N) is 2. The van der Waals surface area contributed by atoms with Crippen LogP contribution in [0.25, 0.3) is 0 Å². The topological polar surface area (TPSA) is 149 Å². The van der Waals surface area contributed by atoms with Crippen molar-refractivity contribution in [1.82, 2.24) is 9.97 Å². The number of H-pyrrole nitrogens is 1. The quantitative estimate of drug-likeness (QED) is 0.389. The van der Waals surface area contributed by atoms with Gasteiger partial charge in [-0.3, -0.25) is 19.4 Å². The number of aromatic amines is 1. The molecular weight excluding hydrogens is 511 g/mol. The molecule has 4 N–H and O–H groups in total. The summed E-state index contributed by atoms with van der Waals surface area (Å²) in [4.78, 5) is 46.3. The molecule has 11 nitrogen and oxygen atoms in total. The Balaban J connectivity index is 1.65. The Hall–Kier alpha value is -4.75. The van der Waals surface area contributed by atoms with E-state index in [-0.39, 0.29) is 52.4 Å². The lowest BCUT2D eigenvalue weighted by Crippen LogP contribution is -2.32. The van der Waals surface area contributed by atoms with E-state index >= 15 is 0 Å². The van der Waals surface area contributed by atoms with E-state index in [9.17, 15) is 27.6 Å². The predicted octanol–water partition coefficient (Wildman–Crippen LogP) is 3.19. The number of anilines is 4. The molecule has 1 aliphatic rings. The average molecular weight is 533 g/mol. The number of methoxy groups -OCH3 is 3. The summed E-state index contributed by atoms with van der Waals surface area (Å²) in [6.07, 6.45) is -4.94. The second-order valence-corrected chi connectivity index (χ2v) is 8.12. The standard InChI is InChI=1S/C24H22F3N5O6/c1-36-15-8-13(9-16(37-2)19(15)38-3)32-17(33)10-14(22(32)35)18-20(28)30-23(31-21(18)34)29-12-6-4-5-11(7-12)24(25,26)27/h4-9,14H,10H2,1-3H3,(H4,28,29,30,31,34). The number of ether oxygens (including phenoxy) is 3. The van der Waals surface area contributed by atoms with Crippen LogP contribution >= 0.6 is 0 Å². The van der Waals surface area contributed by atoms with Gasteiger partial charge in [-0.05, 0) is 18.2 Å². The Labute approximate surface area is 213 Å². The Morgan fingerprint density at radius 2 is 1.71 bits per heavy atom. The van der Waals surface area contributed by atoms with Crippen LogP contribution in [0.5, 0.6) is 17.2 Å². The molecular formula is C24H22F3N5O6. The highest BCUT2D eigenvalue weighted by Gasteiger charge is 2.43. The number of carbonyl (C=O) groups is 2. The number of rotatable bonds is 7.